The fourth-order valence-corrected chi connectivity index (χ4v) is 1.52. The van der Waals surface area contributed by atoms with Crippen molar-refractivity contribution in [2.75, 3.05) is 10.9 Å². The second-order valence-electron chi connectivity index (χ2n) is 3.44. The molecule has 22 heavy (non-hydrogen) atoms. The maximum atomic E-state index is 5.30. The van der Waals surface area contributed by atoms with Crippen molar-refractivity contribution < 1.29 is 11.0 Å². The first-order valence-corrected chi connectivity index (χ1v) is 4.97. The zero-order chi connectivity index (χ0) is 11.4. The topological polar surface area (TPSA) is 139 Å². The molecule has 10 heteroatoms. The van der Waals surface area contributed by atoms with Gasteiger partial charge in [0, 0.05) is 11.4 Å². The number of nitrogen functional groups attached to an aromatic ring is 2. The lowest BCUT2D eigenvalue weighted by molar-refractivity contribution is 0.823. The smallest absolute Gasteiger partial charge is 0.0485 e. The van der Waals surface area contributed by atoms with Gasteiger partial charge in [0.2, 0.25) is 0 Å². The van der Waals surface area contributed by atoms with Gasteiger partial charge < -0.3 is 21.8 Å². The van der Waals surface area contributed by atoms with E-state index in [4.69, 9.17) is 11.7 Å². The van der Waals surface area contributed by atoms with Gasteiger partial charge in [0.25, 0.3) is 0 Å². The van der Waals surface area contributed by atoms with Crippen LogP contribution in [0.25, 0.3) is 11.1 Å². The molecular formula is C12H22Cl4N4O2. The highest BCUT2D eigenvalue weighted by Crippen LogP contribution is 2.22. The highest BCUT2D eigenvalue weighted by molar-refractivity contribution is 5.86. The van der Waals surface area contributed by atoms with Crippen LogP contribution >= 0.6 is 49.6 Å². The molecular weight excluding hydrogens is 374 g/mol. The Kier molecular flexibility index (Phi) is 24.5. The number of hydrazine groups is 2. The number of hydrogen-bond acceptors (Lipinski definition) is 4. The Morgan fingerprint density at radius 3 is 0.909 bits per heavy atom. The summed E-state index contributed by atoms with van der Waals surface area (Å²) in [4.78, 5) is 0. The Balaban J connectivity index is -0.000000161. The molecule has 130 valence electrons. The minimum Gasteiger partial charge on any atom is -0.412 e. The lowest BCUT2D eigenvalue weighted by atomic mass is 10.1. The maximum absolute atomic E-state index is 5.30. The molecule has 0 spiro atoms. The van der Waals surface area contributed by atoms with Crippen LogP contribution < -0.4 is 22.5 Å². The van der Waals surface area contributed by atoms with E-state index in [1.807, 2.05) is 48.5 Å². The van der Waals surface area contributed by atoms with Crippen LogP contribution in [-0.2, 0) is 0 Å². The third-order valence-electron chi connectivity index (χ3n) is 2.44. The number of hydrogen-bond donors (Lipinski definition) is 4. The van der Waals surface area contributed by atoms with E-state index in [-0.39, 0.29) is 60.6 Å². The number of nitrogens with two attached hydrogens (primary N) is 2. The van der Waals surface area contributed by atoms with Gasteiger partial charge in [-0.25, -0.2) is 0 Å². The van der Waals surface area contributed by atoms with E-state index in [2.05, 4.69) is 10.9 Å². The lowest BCUT2D eigenvalue weighted by Gasteiger charge is -2.05. The van der Waals surface area contributed by atoms with Crippen LogP contribution in [0.2, 0.25) is 0 Å². The normalized spacial score (nSPS) is 7.18. The van der Waals surface area contributed by atoms with Crippen molar-refractivity contribution in [3.8, 4) is 11.1 Å². The third-order valence-corrected chi connectivity index (χ3v) is 2.44. The van der Waals surface area contributed by atoms with Gasteiger partial charge in [-0.05, 0) is 35.4 Å². The van der Waals surface area contributed by atoms with Gasteiger partial charge in [-0.3, -0.25) is 11.7 Å². The third kappa shape index (κ3) is 8.47. The second-order valence-corrected chi connectivity index (χ2v) is 3.44. The summed E-state index contributed by atoms with van der Waals surface area (Å²) in [5, 5.41) is 0. The van der Waals surface area contributed by atoms with Crippen molar-refractivity contribution in [3.63, 3.8) is 0 Å². The molecule has 0 unspecified atom stereocenters. The van der Waals surface area contributed by atoms with Gasteiger partial charge in [-0.15, -0.1) is 49.6 Å². The molecule has 0 aromatic heterocycles. The van der Waals surface area contributed by atoms with Gasteiger partial charge in [-0.2, -0.15) is 0 Å². The van der Waals surface area contributed by atoms with E-state index in [1.165, 1.54) is 0 Å². The summed E-state index contributed by atoms with van der Waals surface area (Å²) in [6.45, 7) is 0. The van der Waals surface area contributed by atoms with Crippen LogP contribution in [0, 0.1) is 0 Å². The predicted molar refractivity (Wildman–Crippen MR) is 104 cm³/mol. The summed E-state index contributed by atoms with van der Waals surface area (Å²) in [5.74, 6) is 10.6. The molecule has 0 aliphatic heterocycles. The quantitative estimate of drug-likeness (QED) is 0.465. The molecule has 2 rings (SSSR count). The Bertz CT molecular complexity index is 426. The SMILES string of the molecule is Cl.Cl.Cl.Cl.NNc1ccc(-c2ccc(NN)cc2)cc1.O.O. The summed E-state index contributed by atoms with van der Waals surface area (Å²) < 4.78 is 0. The van der Waals surface area contributed by atoms with Gasteiger partial charge >= 0.3 is 0 Å². The summed E-state index contributed by atoms with van der Waals surface area (Å²) in [5.41, 5.74) is 9.26. The summed E-state index contributed by atoms with van der Waals surface area (Å²) in [6.07, 6.45) is 0. The Hall–Kier alpha value is -0.960. The minimum atomic E-state index is 0. The number of benzene rings is 2. The number of halogens is 4. The van der Waals surface area contributed by atoms with Crippen molar-refractivity contribution in [2.45, 2.75) is 0 Å². The second kappa shape index (κ2) is 16.4. The number of anilines is 2. The molecule has 0 heterocycles. The standard InChI is InChI=1S/C12H14N4.4ClH.2H2O/c13-15-11-5-1-9(2-6-11)10-3-7-12(16-14)8-4-10;;;;;;/h1-8,15-16H,13-14H2;4*1H;2*1H2. The molecule has 0 saturated carbocycles. The molecule has 10 N–H and O–H groups in total. The highest BCUT2D eigenvalue weighted by Gasteiger charge is 1.97. The van der Waals surface area contributed by atoms with E-state index < -0.39 is 0 Å². The van der Waals surface area contributed by atoms with Crippen LogP contribution in [0.15, 0.2) is 48.5 Å². The molecule has 0 aliphatic rings. The van der Waals surface area contributed by atoms with Crippen LogP contribution in [0.5, 0.6) is 0 Å². The summed E-state index contributed by atoms with van der Waals surface area (Å²) in [6, 6.07) is 15.8. The van der Waals surface area contributed by atoms with Crippen molar-refractivity contribution in [3.05, 3.63) is 48.5 Å². The average molecular weight is 396 g/mol. The minimum absolute atomic E-state index is 0. The number of rotatable bonds is 3. The Morgan fingerprint density at radius 2 is 0.727 bits per heavy atom. The lowest BCUT2D eigenvalue weighted by Crippen LogP contribution is -2.06. The molecule has 0 fully saturated rings. The molecule has 2 aromatic rings. The zero-order valence-electron chi connectivity index (χ0n) is 11.4. The summed E-state index contributed by atoms with van der Waals surface area (Å²) >= 11 is 0. The van der Waals surface area contributed by atoms with E-state index in [9.17, 15) is 0 Å². The van der Waals surface area contributed by atoms with Gasteiger partial charge in [-0.1, -0.05) is 24.3 Å². The van der Waals surface area contributed by atoms with E-state index >= 15 is 0 Å². The predicted octanol–water partition coefficient (Wildman–Crippen LogP) is 1.96. The first-order chi connectivity index (χ1) is 7.83. The van der Waals surface area contributed by atoms with E-state index in [0.717, 1.165) is 22.5 Å². The molecule has 0 bridgehead atoms. The molecule has 0 radical (unpaired) electrons. The Morgan fingerprint density at radius 1 is 0.500 bits per heavy atom. The monoisotopic (exact) mass is 394 g/mol. The van der Waals surface area contributed by atoms with Crippen LogP contribution in [-0.4, -0.2) is 11.0 Å². The van der Waals surface area contributed by atoms with Crippen LogP contribution in [0.4, 0.5) is 11.4 Å². The van der Waals surface area contributed by atoms with Gasteiger partial charge in [0.05, 0.1) is 0 Å². The first kappa shape index (κ1) is 32.8. The van der Waals surface area contributed by atoms with Crippen LogP contribution in [0.3, 0.4) is 0 Å². The fraction of sp³-hybridized carbons (Fsp3) is 0. The van der Waals surface area contributed by atoms with E-state index in [1.54, 1.807) is 0 Å². The largest absolute Gasteiger partial charge is 0.412 e. The van der Waals surface area contributed by atoms with Crippen LogP contribution in [0.1, 0.15) is 0 Å². The molecule has 2 aromatic carbocycles. The maximum Gasteiger partial charge on any atom is 0.0485 e. The van der Waals surface area contributed by atoms with Gasteiger partial charge in [0.15, 0.2) is 0 Å². The molecule has 6 nitrogen and oxygen atoms in total. The Labute approximate surface area is 154 Å². The molecule has 0 atom stereocenters. The molecule has 0 saturated heterocycles. The van der Waals surface area contributed by atoms with Gasteiger partial charge in [0.1, 0.15) is 0 Å². The number of nitrogens with one attached hydrogen (secondary N) is 2. The first-order valence-electron chi connectivity index (χ1n) is 4.97. The summed E-state index contributed by atoms with van der Waals surface area (Å²) in [7, 11) is 0. The fourth-order valence-electron chi connectivity index (χ4n) is 1.52. The van der Waals surface area contributed by atoms with Crippen molar-refractivity contribution in [1.29, 1.82) is 0 Å². The molecule has 0 aliphatic carbocycles. The van der Waals surface area contributed by atoms with E-state index in [0.29, 0.717) is 0 Å². The van der Waals surface area contributed by atoms with Crippen molar-refractivity contribution in [1.82, 2.24) is 0 Å². The van der Waals surface area contributed by atoms with Crippen molar-refractivity contribution >= 4 is 61.0 Å². The van der Waals surface area contributed by atoms with Crippen molar-refractivity contribution in [2.24, 2.45) is 11.7 Å². The molecule has 0 amide bonds. The zero-order valence-corrected chi connectivity index (χ0v) is 14.7. The highest BCUT2D eigenvalue weighted by atomic mass is 35.5. The average Bonchev–Trinajstić information content (AvgIpc) is 2.39.